The van der Waals surface area contributed by atoms with Gasteiger partial charge in [-0.2, -0.15) is 0 Å². The van der Waals surface area contributed by atoms with E-state index in [1.54, 1.807) is 10.6 Å². The van der Waals surface area contributed by atoms with E-state index >= 15 is 0 Å². The van der Waals surface area contributed by atoms with Crippen molar-refractivity contribution in [2.45, 2.75) is 18.6 Å². The highest BCUT2D eigenvalue weighted by Gasteiger charge is 2.09. The van der Waals surface area contributed by atoms with Crippen molar-refractivity contribution >= 4 is 22.9 Å². The van der Waals surface area contributed by atoms with Crippen molar-refractivity contribution in [1.29, 1.82) is 0 Å². The molecule has 0 saturated carbocycles. The molecule has 0 unspecified atom stereocenters. The molecule has 26 heavy (non-hydrogen) atoms. The maximum absolute atomic E-state index is 12.0. The van der Waals surface area contributed by atoms with Crippen LogP contribution < -0.4 is 5.76 Å². The smallest absolute Gasteiger partial charge is 0.408 e. The van der Waals surface area contributed by atoms with Gasteiger partial charge < -0.3 is 4.42 Å². The molecule has 6 heteroatoms. The van der Waals surface area contributed by atoms with Crippen LogP contribution in [0.15, 0.2) is 75.0 Å². The standard InChI is InChI=1S/C20H17N3O2S/c1-14-13-16(15-7-3-2-4-8-15)22-19(21-14)26-12-11-23-17-9-5-6-10-18(17)25-20(23)24/h2-10,13H,11-12H2,1H3. The highest BCUT2D eigenvalue weighted by Crippen LogP contribution is 2.22. The Hall–Kier alpha value is -2.86. The molecule has 4 rings (SSSR count). The summed E-state index contributed by atoms with van der Waals surface area (Å²) < 4.78 is 6.91. The molecule has 130 valence electrons. The van der Waals surface area contributed by atoms with E-state index < -0.39 is 0 Å². The summed E-state index contributed by atoms with van der Waals surface area (Å²) in [6.07, 6.45) is 0. The summed E-state index contributed by atoms with van der Waals surface area (Å²) in [5.74, 6) is 0.350. The van der Waals surface area contributed by atoms with Gasteiger partial charge in [-0.15, -0.1) is 0 Å². The van der Waals surface area contributed by atoms with Crippen molar-refractivity contribution in [1.82, 2.24) is 14.5 Å². The molecule has 0 aliphatic carbocycles. The van der Waals surface area contributed by atoms with E-state index in [9.17, 15) is 4.79 Å². The van der Waals surface area contributed by atoms with Crippen molar-refractivity contribution in [3.63, 3.8) is 0 Å². The van der Waals surface area contributed by atoms with Crippen LogP contribution in [0.2, 0.25) is 0 Å². The van der Waals surface area contributed by atoms with E-state index in [1.807, 2.05) is 61.5 Å². The zero-order valence-corrected chi connectivity index (χ0v) is 15.1. The summed E-state index contributed by atoms with van der Waals surface area (Å²) in [6.45, 7) is 2.50. The van der Waals surface area contributed by atoms with Crippen LogP contribution in [0.25, 0.3) is 22.4 Å². The second kappa shape index (κ2) is 7.17. The number of hydrogen-bond acceptors (Lipinski definition) is 5. The van der Waals surface area contributed by atoms with Crippen LogP contribution in [0, 0.1) is 6.92 Å². The first-order chi connectivity index (χ1) is 12.7. The Morgan fingerprint density at radius 2 is 1.81 bits per heavy atom. The van der Waals surface area contributed by atoms with Gasteiger partial charge in [0.1, 0.15) is 0 Å². The van der Waals surface area contributed by atoms with Gasteiger partial charge in [0, 0.05) is 23.6 Å². The zero-order valence-electron chi connectivity index (χ0n) is 14.3. The maximum atomic E-state index is 12.0. The molecule has 0 amide bonds. The van der Waals surface area contributed by atoms with E-state index in [-0.39, 0.29) is 5.76 Å². The monoisotopic (exact) mass is 363 g/mol. The lowest BCUT2D eigenvalue weighted by molar-refractivity contribution is 0.514. The number of aromatic nitrogens is 3. The Kier molecular flexibility index (Phi) is 4.58. The lowest BCUT2D eigenvalue weighted by Crippen LogP contribution is -2.15. The number of fused-ring (bicyclic) bond motifs is 1. The fourth-order valence-electron chi connectivity index (χ4n) is 2.82. The highest BCUT2D eigenvalue weighted by atomic mass is 32.2. The van der Waals surface area contributed by atoms with Gasteiger partial charge in [-0.3, -0.25) is 4.57 Å². The number of thioether (sulfide) groups is 1. The normalized spacial score (nSPS) is 11.1. The Bertz CT molecular complexity index is 1100. The first kappa shape index (κ1) is 16.6. The van der Waals surface area contributed by atoms with Crippen LogP contribution in [0.3, 0.4) is 0 Å². The Morgan fingerprint density at radius 3 is 2.65 bits per heavy atom. The second-order valence-electron chi connectivity index (χ2n) is 5.88. The Balaban J connectivity index is 1.52. The molecule has 0 atom stereocenters. The number of oxazole rings is 1. The predicted octanol–water partition coefficient (Wildman–Crippen LogP) is 4.15. The minimum atomic E-state index is -0.332. The molecule has 4 aromatic rings. The Morgan fingerprint density at radius 1 is 1.04 bits per heavy atom. The van der Waals surface area contributed by atoms with Gasteiger partial charge >= 0.3 is 5.76 Å². The molecule has 0 bridgehead atoms. The van der Waals surface area contributed by atoms with Crippen LogP contribution in [0.1, 0.15) is 5.69 Å². The SMILES string of the molecule is Cc1cc(-c2ccccc2)nc(SCCn2c(=O)oc3ccccc32)n1. The van der Waals surface area contributed by atoms with Crippen LogP contribution in [-0.2, 0) is 6.54 Å². The van der Waals surface area contributed by atoms with Crippen molar-refractivity contribution in [3.8, 4) is 11.3 Å². The van der Waals surface area contributed by atoms with Crippen molar-refractivity contribution in [2.75, 3.05) is 5.75 Å². The average Bonchev–Trinajstić information content (AvgIpc) is 2.98. The topological polar surface area (TPSA) is 60.9 Å². The third-order valence-corrected chi connectivity index (χ3v) is 4.85. The quantitative estimate of drug-likeness (QED) is 0.394. The third kappa shape index (κ3) is 3.41. The molecule has 2 heterocycles. The molecular formula is C20H17N3O2S. The van der Waals surface area contributed by atoms with Gasteiger partial charge in [0.25, 0.3) is 0 Å². The van der Waals surface area contributed by atoms with Gasteiger partial charge in [-0.1, -0.05) is 54.2 Å². The summed E-state index contributed by atoms with van der Waals surface area (Å²) in [4.78, 5) is 21.2. The molecule has 0 aliphatic heterocycles. The molecule has 0 N–H and O–H groups in total. The van der Waals surface area contributed by atoms with Crippen molar-refractivity contribution in [2.24, 2.45) is 0 Å². The van der Waals surface area contributed by atoms with E-state index in [0.717, 1.165) is 22.5 Å². The largest absolute Gasteiger partial charge is 0.419 e. The van der Waals surface area contributed by atoms with Crippen molar-refractivity contribution < 1.29 is 4.42 Å². The van der Waals surface area contributed by atoms with Gasteiger partial charge in [-0.05, 0) is 25.1 Å². The first-order valence-electron chi connectivity index (χ1n) is 8.33. The lowest BCUT2D eigenvalue weighted by Gasteiger charge is -2.06. The fraction of sp³-hybridized carbons (Fsp3) is 0.150. The van der Waals surface area contributed by atoms with E-state index in [4.69, 9.17) is 4.42 Å². The fourth-order valence-corrected chi connectivity index (χ4v) is 3.64. The van der Waals surface area contributed by atoms with E-state index in [2.05, 4.69) is 9.97 Å². The van der Waals surface area contributed by atoms with Gasteiger partial charge in [0.05, 0.1) is 11.2 Å². The maximum Gasteiger partial charge on any atom is 0.419 e. The molecule has 0 fully saturated rings. The molecule has 5 nitrogen and oxygen atoms in total. The molecular weight excluding hydrogens is 346 g/mol. The van der Waals surface area contributed by atoms with Crippen LogP contribution in [-0.4, -0.2) is 20.3 Å². The molecule has 0 saturated heterocycles. The van der Waals surface area contributed by atoms with Gasteiger partial charge in [0.15, 0.2) is 10.7 Å². The third-order valence-electron chi connectivity index (χ3n) is 4.02. The summed E-state index contributed by atoms with van der Waals surface area (Å²) in [5, 5.41) is 0.713. The van der Waals surface area contributed by atoms with Crippen LogP contribution >= 0.6 is 11.8 Å². The number of nitrogens with zero attached hydrogens (tertiary/aromatic N) is 3. The number of aryl methyl sites for hydroxylation is 2. The first-order valence-corrected chi connectivity index (χ1v) is 9.31. The zero-order chi connectivity index (χ0) is 17.9. The summed E-state index contributed by atoms with van der Waals surface area (Å²) in [6, 6.07) is 19.5. The number of para-hydroxylation sites is 2. The predicted molar refractivity (Wildman–Crippen MR) is 103 cm³/mol. The average molecular weight is 363 g/mol. The number of rotatable bonds is 5. The molecule has 2 aromatic heterocycles. The van der Waals surface area contributed by atoms with Gasteiger partial charge in [-0.25, -0.2) is 14.8 Å². The van der Waals surface area contributed by atoms with Crippen molar-refractivity contribution in [3.05, 3.63) is 76.9 Å². The number of hydrogen-bond donors (Lipinski definition) is 0. The molecule has 0 aliphatic rings. The van der Waals surface area contributed by atoms with Crippen LogP contribution in [0.5, 0.6) is 0 Å². The minimum absolute atomic E-state index is 0.332. The molecule has 0 spiro atoms. The molecule has 0 radical (unpaired) electrons. The van der Waals surface area contributed by atoms with E-state index in [0.29, 0.717) is 23.0 Å². The van der Waals surface area contributed by atoms with Gasteiger partial charge in [0.2, 0.25) is 0 Å². The summed E-state index contributed by atoms with van der Waals surface area (Å²) in [5.41, 5.74) is 4.32. The van der Waals surface area contributed by atoms with E-state index in [1.165, 1.54) is 11.8 Å². The minimum Gasteiger partial charge on any atom is -0.408 e. The molecule has 2 aromatic carbocycles. The summed E-state index contributed by atoms with van der Waals surface area (Å²) in [7, 11) is 0. The van der Waals surface area contributed by atoms with Crippen LogP contribution in [0.4, 0.5) is 0 Å². The number of benzene rings is 2. The second-order valence-corrected chi connectivity index (χ2v) is 6.94. The highest BCUT2D eigenvalue weighted by molar-refractivity contribution is 7.99. The lowest BCUT2D eigenvalue weighted by atomic mass is 10.1. The summed E-state index contributed by atoms with van der Waals surface area (Å²) >= 11 is 1.54. The Labute approximate surface area is 154 Å².